The van der Waals surface area contributed by atoms with Gasteiger partial charge in [0, 0.05) is 17.3 Å². The molecule has 0 amide bonds. The monoisotopic (exact) mass is 454 g/mol. The molecule has 0 bridgehead atoms. The predicted octanol–water partition coefficient (Wildman–Crippen LogP) is 5.54. The van der Waals surface area contributed by atoms with Gasteiger partial charge in [0.2, 0.25) is 11.9 Å². The molecule has 0 aliphatic rings. The largest absolute Gasteiger partial charge is 0.493 e. The lowest BCUT2D eigenvalue weighted by molar-refractivity contribution is 0.341. The standard InChI is InChI=1S/C25H22N6O3/c1-2-32-21-13-18(10-11-20(21)22-15-26-16-34-22)28-25-30-23(17-7-4-3-5-8-17)29-24(31-25)27-14-19-9-6-12-33-19/h3-13,15-16H,2,14H2,1H3,(H2,27,28,29,30,31). The summed E-state index contributed by atoms with van der Waals surface area (Å²) in [6.07, 6.45) is 4.68. The normalized spacial score (nSPS) is 10.7. The van der Waals surface area contributed by atoms with E-state index in [-0.39, 0.29) is 0 Å². The molecule has 3 aromatic heterocycles. The first-order valence-electron chi connectivity index (χ1n) is 10.8. The lowest BCUT2D eigenvalue weighted by Crippen LogP contribution is -2.08. The second-order valence-electron chi connectivity index (χ2n) is 7.24. The van der Waals surface area contributed by atoms with Gasteiger partial charge in [0.05, 0.1) is 31.2 Å². The number of ether oxygens (including phenoxy) is 1. The van der Waals surface area contributed by atoms with Gasteiger partial charge in [0.15, 0.2) is 18.0 Å². The molecule has 2 aromatic carbocycles. The van der Waals surface area contributed by atoms with E-state index in [1.807, 2.05) is 67.6 Å². The van der Waals surface area contributed by atoms with Crippen molar-refractivity contribution in [1.82, 2.24) is 19.9 Å². The molecule has 0 unspecified atom stereocenters. The van der Waals surface area contributed by atoms with E-state index < -0.39 is 0 Å². The van der Waals surface area contributed by atoms with E-state index in [4.69, 9.17) is 13.6 Å². The van der Waals surface area contributed by atoms with Crippen LogP contribution in [-0.2, 0) is 6.54 Å². The number of hydrogen-bond acceptors (Lipinski definition) is 9. The van der Waals surface area contributed by atoms with Crippen LogP contribution in [0.3, 0.4) is 0 Å². The van der Waals surface area contributed by atoms with Gasteiger partial charge in [0.25, 0.3) is 0 Å². The maximum Gasteiger partial charge on any atom is 0.232 e. The Bertz CT molecular complexity index is 1340. The van der Waals surface area contributed by atoms with Crippen molar-refractivity contribution < 1.29 is 13.6 Å². The fourth-order valence-corrected chi connectivity index (χ4v) is 3.36. The van der Waals surface area contributed by atoms with E-state index in [0.717, 1.165) is 22.6 Å². The molecule has 0 atom stereocenters. The second-order valence-corrected chi connectivity index (χ2v) is 7.24. The van der Waals surface area contributed by atoms with Crippen molar-refractivity contribution in [3.63, 3.8) is 0 Å². The van der Waals surface area contributed by atoms with Crippen molar-refractivity contribution >= 4 is 17.6 Å². The highest BCUT2D eigenvalue weighted by atomic mass is 16.5. The maximum absolute atomic E-state index is 5.83. The quantitative estimate of drug-likeness (QED) is 0.296. The van der Waals surface area contributed by atoms with Gasteiger partial charge in [-0.1, -0.05) is 30.3 Å². The number of anilines is 3. The lowest BCUT2D eigenvalue weighted by Gasteiger charge is -2.13. The molecule has 0 aliphatic heterocycles. The average Bonchev–Trinajstić information content (AvgIpc) is 3.58. The molecule has 0 saturated heterocycles. The second kappa shape index (κ2) is 9.86. The average molecular weight is 454 g/mol. The zero-order valence-electron chi connectivity index (χ0n) is 18.4. The predicted molar refractivity (Wildman–Crippen MR) is 128 cm³/mol. The van der Waals surface area contributed by atoms with Gasteiger partial charge in [0.1, 0.15) is 11.5 Å². The van der Waals surface area contributed by atoms with E-state index in [2.05, 4.69) is 30.6 Å². The van der Waals surface area contributed by atoms with Gasteiger partial charge in [-0.2, -0.15) is 15.0 Å². The van der Waals surface area contributed by atoms with Crippen LogP contribution in [0.1, 0.15) is 12.7 Å². The van der Waals surface area contributed by atoms with Crippen molar-refractivity contribution in [2.24, 2.45) is 0 Å². The van der Waals surface area contributed by atoms with Crippen molar-refractivity contribution in [1.29, 1.82) is 0 Å². The van der Waals surface area contributed by atoms with E-state index in [1.54, 1.807) is 12.5 Å². The van der Waals surface area contributed by atoms with Gasteiger partial charge in [-0.3, -0.25) is 0 Å². The fourth-order valence-electron chi connectivity index (χ4n) is 3.36. The summed E-state index contributed by atoms with van der Waals surface area (Å²) in [6, 6.07) is 19.2. The number of benzene rings is 2. The molecule has 34 heavy (non-hydrogen) atoms. The highest BCUT2D eigenvalue weighted by molar-refractivity contribution is 5.71. The van der Waals surface area contributed by atoms with Crippen LogP contribution >= 0.6 is 0 Å². The molecule has 0 spiro atoms. The Labute approximate surface area is 195 Å². The third-order valence-corrected chi connectivity index (χ3v) is 4.90. The van der Waals surface area contributed by atoms with Gasteiger partial charge < -0.3 is 24.2 Å². The molecular weight excluding hydrogens is 432 g/mol. The number of hydrogen-bond donors (Lipinski definition) is 2. The van der Waals surface area contributed by atoms with Crippen LogP contribution in [0.5, 0.6) is 5.75 Å². The van der Waals surface area contributed by atoms with Crippen molar-refractivity contribution in [2.45, 2.75) is 13.5 Å². The summed E-state index contributed by atoms with van der Waals surface area (Å²) < 4.78 is 16.7. The molecule has 3 heterocycles. The summed E-state index contributed by atoms with van der Waals surface area (Å²) >= 11 is 0. The lowest BCUT2D eigenvalue weighted by atomic mass is 10.1. The van der Waals surface area contributed by atoms with Crippen LogP contribution in [0.4, 0.5) is 17.6 Å². The Hall–Kier alpha value is -4.66. The molecule has 5 rings (SSSR count). The van der Waals surface area contributed by atoms with E-state index in [0.29, 0.717) is 42.4 Å². The third kappa shape index (κ3) is 4.88. The molecule has 0 radical (unpaired) electrons. The van der Waals surface area contributed by atoms with Crippen molar-refractivity contribution in [3.05, 3.63) is 85.3 Å². The summed E-state index contributed by atoms with van der Waals surface area (Å²) in [5.74, 6) is 3.44. The number of rotatable bonds is 9. The first kappa shape index (κ1) is 21.2. The summed E-state index contributed by atoms with van der Waals surface area (Å²) in [6.45, 7) is 2.89. The van der Waals surface area contributed by atoms with Crippen LogP contribution in [0.25, 0.3) is 22.7 Å². The van der Waals surface area contributed by atoms with Gasteiger partial charge in [-0.15, -0.1) is 0 Å². The molecule has 0 aliphatic carbocycles. The van der Waals surface area contributed by atoms with Crippen LogP contribution in [0, 0.1) is 0 Å². The number of furan rings is 1. The fraction of sp³-hybridized carbons (Fsp3) is 0.120. The van der Waals surface area contributed by atoms with Crippen LogP contribution in [0.15, 0.2) is 88.4 Å². The highest BCUT2D eigenvalue weighted by Gasteiger charge is 2.13. The Morgan fingerprint density at radius 3 is 2.56 bits per heavy atom. The van der Waals surface area contributed by atoms with Gasteiger partial charge in [-0.25, -0.2) is 4.98 Å². The topological polar surface area (TPSA) is 111 Å². The number of nitrogens with one attached hydrogen (secondary N) is 2. The Morgan fingerprint density at radius 1 is 0.912 bits per heavy atom. The first-order chi connectivity index (χ1) is 16.8. The number of nitrogens with zero attached hydrogens (tertiary/aromatic N) is 4. The molecule has 2 N–H and O–H groups in total. The summed E-state index contributed by atoms with van der Waals surface area (Å²) in [4.78, 5) is 17.7. The minimum absolute atomic E-state index is 0.394. The summed E-state index contributed by atoms with van der Waals surface area (Å²) in [7, 11) is 0. The zero-order valence-corrected chi connectivity index (χ0v) is 18.4. The third-order valence-electron chi connectivity index (χ3n) is 4.90. The number of aromatic nitrogens is 4. The zero-order chi connectivity index (χ0) is 23.2. The van der Waals surface area contributed by atoms with Crippen LogP contribution in [0.2, 0.25) is 0 Å². The van der Waals surface area contributed by atoms with Crippen LogP contribution < -0.4 is 15.4 Å². The Kier molecular flexibility index (Phi) is 6.15. The summed E-state index contributed by atoms with van der Waals surface area (Å²) in [5, 5.41) is 6.47. The maximum atomic E-state index is 5.83. The molecule has 170 valence electrons. The number of oxazole rings is 1. The van der Waals surface area contributed by atoms with Crippen molar-refractivity contribution in [2.75, 3.05) is 17.2 Å². The first-order valence-corrected chi connectivity index (χ1v) is 10.8. The summed E-state index contributed by atoms with van der Waals surface area (Å²) in [5.41, 5.74) is 2.45. The Balaban J connectivity index is 1.46. The van der Waals surface area contributed by atoms with Crippen molar-refractivity contribution in [3.8, 4) is 28.5 Å². The molecule has 9 nitrogen and oxygen atoms in total. The molecule has 9 heteroatoms. The minimum atomic E-state index is 0.394. The molecular formula is C25H22N6O3. The van der Waals surface area contributed by atoms with Crippen LogP contribution in [-0.4, -0.2) is 26.5 Å². The van der Waals surface area contributed by atoms with Gasteiger partial charge >= 0.3 is 0 Å². The van der Waals surface area contributed by atoms with Gasteiger partial charge in [-0.05, 0) is 31.2 Å². The van der Waals surface area contributed by atoms with E-state index in [1.165, 1.54) is 6.39 Å². The minimum Gasteiger partial charge on any atom is -0.493 e. The Morgan fingerprint density at radius 2 is 1.79 bits per heavy atom. The molecule has 0 fully saturated rings. The van der Waals surface area contributed by atoms with E-state index >= 15 is 0 Å². The molecule has 0 saturated carbocycles. The molecule has 5 aromatic rings. The highest BCUT2D eigenvalue weighted by Crippen LogP contribution is 2.33. The smallest absolute Gasteiger partial charge is 0.232 e. The SMILES string of the molecule is CCOc1cc(Nc2nc(NCc3ccco3)nc(-c3ccccc3)n2)ccc1-c1cnco1. The van der Waals surface area contributed by atoms with E-state index in [9.17, 15) is 0 Å².